The van der Waals surface area contributed by atoms with E-state index < -0.39 is 15.8 Å². The number of benzene rings is 2. The Labute approximate surface area is 152 Å². The molecule has 0 radical (unpaired) electrons. The third-order valence-electron chi connectivity index (χ3n) is 3.11. The zero-order valence-electron chi connectivity index (χ0n) is 14.7. The zero-order chi connectivity index (χ0) is 19.4. The molecule has 0 saturated heterocycles. The molecular formula is C18H21FN2O4S. The molecule has 0 saturated carbocycles. The number of hydrogen-bond donors (Lipinski definition) is 2. The van der Waals surface area contributed by atoms with E-state index in [1.165, 1.54) is 36.4 Å². The summed E-state index contributed by atoms with van der Waals surface area (Å²) >= 11 is 0. The van der Waals surface area contributed by atoms with Gasteiger partial charge in [-0.15, -0.1) is 0 Å². The Morgan fingerprint density at radius 3 is 2.15 bits per heavy atom. The molecular weight excluding hydrogens is 359 g/mol. The minimum absolute atomic E-state index is 0.0216. The van der Waals surface area contributed by atoms with Gasteiger partial charge in [0.2, 0.25) is 0 Å². The fourth-order valence-electron chi connectivity index (χ4n) is 2.05. The molecule has 0 atom stereocenters. The van der Waals surface area contributed by atoms with Gasteiger partial charge < -0.3 is 10.1 Å². The first-order valence-corrected chi connectivity index (χ1v) is 9.36. The monoisotopic (exact) mass is 380 g/mol. The quantitative estimate of drug-likeness (QED) is 0.807. The molecule has 1 amide bonds. The van der Waals surface area contributed by atoms with E-state index in [1.807, 2.05) is 20.8 Å². The largest absolute Gasteiger partial charge is 0.484 e. The number of ether oxygens (including phenoxy) is 1. The first kappa shape index (κ1) is 19.7. The second-order valence-corrected chi connectivity index (χ2v) is 8.35. The highest BCUT2D eigenvalue weighted by Crippen LogP contribution is 2.19. The number of amides is 1. The molecule has 2 aromatic rings. The number of rotatable bonds is 6. The first-order valence-electron chi connectivity index (χ1n) is 7.87. The van der Waals surface area contributed by atoms with E-state index in [2.05, 4.69) is 10.0 Å². The lowest BCUT2D eigenvalue weighted by atomic mass is 10.1. The van der Waals surface area contributed by atoms with Crippen LogP contribution in [0.1, 0.15) is 20.8 Å². The van der Waals surface area contributed by atoms with Crippen LogP contribution >= 0.6 is 0 Å². The Kier molecular flexibility index (Phi) is 5.86. The number of carbonyl (C=O) groups excluding carboxylic acids is 1. The van der Waals surface area contributed by atoms with E-state index in [0.717, 1.165) is 12.1 Å². The molecule has 0 aliphatic heterocycles. The molecule has 8 heteroatoms. The van der Waals surface area contributed by atoms with Crippen LogP contribution in [0.5, 0.6) is 5.75 Å². The molecule has 0 aliphatic rings. The summed E-state index contributed by atoms with van der Waals surface area (Å²) < 4.78 is 45.2. The van der Waals surface area contributed by atoms with Crippen LogP contribution in [0.15, 0.2) is 53.4 Å². The minimum Gasteiger partial charge on any atom is -0.484 e. The Morgan fingerprint density at radius 2 is 1.62 bits per heavy atom. The highest BCUT2D eigenvalue weighted by molar-refractivity contribution is 7.92. The molecule has 0 aromatic heterocycles. The smallest absolute Gasteiger partial charge is 0.261 e. The average Bonchev–Trinajstić information content (AvgIpc) is 2.54. The summed E-state index contributed by atoms with van der Waals surface area (Å²) in [6.07, 6.45) is 0. The second kappa shape index (κ2) is 7.74. The van der Waals surface area contributed by atoms with Crippen molar-refractivity contribution in [3.8, 4) is 5.75 Å². The lowest BCUT2D eigenvalue weighted by molar-refractivity contribution is -0.124. The number of nitrogens with one attached hydrogen (secondary N) is 2. The van der Waals surface area contributed by atoms with Gasteiger partial charge in [-0.25, -0.2) is 12.8 Å². The second-order valence-electron chi connectivity index (χ2n) is 6.67. The van der Waals surface area contributed by atoms with Crippen molar-refractivity contribution >= 4 is 21.6 Å². The molecule has 6 nitrogen and oxygen atoms in total. The molecule has 26 heavy (non-hydrogen) atoms. The molecule has 0 bridgehead atoms. The van der Waals surface area contributed by atoms with E-state index >= 15 is 0 Å². The van der Waals surface area contributed by atoms with Gasteiger partial charge in [0, 0.05) is 11.2 Å². The van der Waals surface area contributed by atoms with Gasteiger partial charge in [-0.05, 0) is 69.3 Å². The molecule has 0 fully saturated rings. The number of sulfonamides is 1. The fraction of sp³-hybridized carbons (Fsp3) is 0.278. The van der Waals surface area contributed by atoms with Crippen LogP contribution in [0.2, 0.25) is 0 Å². The third kappa shape index (κ3) is 6.03. The average molecular weight is 380 g/mol. The maximum atomic E-state index is 12.9. The van der Waals surface area contributed by atoms with Crippen LogP contribution < -0.4 is 14.8 Å². The maximum Gasteiger partial charge on any atom is 0.261 e. The molecule has 2 aromatic carbocycles. The summed E-state index contributed by atoms with van der Waals surface area (Å²) in [5.74, 6) is -0.355. The standard InChI is InChI=1S/C18H21FN2O4S/c1-18(2,3)20-17(22)12-25-15-8-10-16(11-9-15)26(23,24)21-14-6-4-13(19)5-7-14/h4-11,21H,12H2,1-3H3,(H,20,22). The molecule has 0 unspecified atom stereocenters. The van der Waals surface area contributed by atoms with Gasteiger partial charge >= 0.3 is 0 Å². The van der Waals surface area contributed by atoms with Crippen molar-refractivity contribution in [3.05, 3.63) is 54.3 Å². The molecule has 2 N–H and O–H groups in total. The summed E-state index contributed by atoms with van der Waals surface area (Å²) in [5, 5.41) is 2.76. The van der Waals surface area contributed by atoms with Gasteiger partial charge in [-0.2, -0.15) is 0 Å². The Balaban J connectivity index is 1.99. The van der Waals surface area contributed by atoms with Crippen LogP contribution in [-0.2, 0) is 14.8 Å². The Bertz CT molecular complexity index is 858. The highest BCUT2D eigenvalue weighted by Gasteiger charge is 2.16. The van der Waals surface area contributed by atoms with Gasteiger partial charge in [0.15, 0.2) is 6.61 Å². The van der Waals surface area contributed by atoms with Crippen LogP contribution in [0.3, 0.4) is 0 Å². The molecule has 2 rings (SSSR count). The Hall–Kier alpha value is -2.61. The Morgan fingerprint density at radius 1 is 1.04 bits per heavy atom. The summed E-state index contributed by atoms with van der Waals surface area (Å²) in [4.78, 5) is 11.7. The van der Waals surface area contributed by atoms with Gasteiger partial charge in [-0.1, -0.05) is 0 Å². The van der Waals surface area contributed by atoms with Crippen LogP contribution in [0, 0.1) is 5.82 Å². The van der Waals surface area contributed by atoms with Gasteiger partial charge in [0.1, 0.15) is 11.6 Å². The number of anilines is 1. The van der Waals surface area contributed by atoms with Gasteiger partial charge in [0.05, 0.1) is 4.90 Å². The van der Waals surface area contributed by atoms with E-state index in [-0.39, 0.29) is 28.6 Å². The summed E-state index contributed by atoms with van der Waals surface area (Å²) in [7, 11) is -3.81. The van der Waals surface area contributed by atoms with Crippen LogP contribution in [-0.4, -0.2) is 26.5 Å². The molecule has 0 spiro atoms. The topological polar surface area (TPSA) is 84.5 Å². The lowest BCUT2D eigenvalue weighted by Gasteiger charge is -2.20. The number of hydrogen-bond acceptors (Lipinski definition) is 4. The van der Waals surface area contributed by atoms with Crippen molar-refractivity contribution in [1.29, 1.82) is 0 Å². The van der Waals surface area contributed by atoms with Gasteiger partial charge in [-0.3, -0.25) is 9.52 Å². The fourth-order valence-corrected chi connectivity index (χ4v) is 3.11. The zero-order valence-corrected chi connectivity index (χ0v) is 15.6. The van der Waals surface area contributed by atoms with E-state index in [9.17, 15) is 17.6 Å². The lowest BCUT2D eigenvalue weighted by Crippen LogP contribution is -2.43. The number of carbonyl (C=O) groups is 1. The maximum absolute atomic E-state index is 12.9. The first-order chi connectivity index (χ1) is 12.0. The molecule has 140 valence electrons. The minimum atomic E-state index is -3.81. The number of halogens is 1. The van der Waals surface area contributed by atoms with Crippen molar-refractivity contribution in [1.82, 2.24) is 5.32 Å². The molecule has 0 aliphatic carbocycles. The van der Waals surface area contributed by atoms with Crippen molar-refractivity contribution in [2.24, 2.45) is 0 Å². The highest BCUT2D eigenvalue weighted by atomic mass is 32.2. The molecule has 0 heterocycles. The summed E-state index contributed by atoms with van der Waals surface area (Å²) in [5.41, 5.74) is -0.102. The van der Waals surface area contributed by atoms with Crippen molar-refractivity contribution < 1.29 is 22.3 Å². The van der Waals surface area contributed by atoms with Crippen molar-refractivity contribution in [2.75, 3.05) is 11.3 Å². The van der Waals surface area contributed by atoms with Crippen LogP contribution in [0.25, 0.3) is 0 Å². The summed E-state index contributed by atoms with van der Waals surface area (Å²) in [6.45, 7) is 5.41. The van der Waals surface area contributed by atoms with E-state index in [1.54, 1.807) is 0 Å². The van der Waals surface area contributed by atoms with Crippen LogP contribution in [0.4, 0.5) is 10.1 Å². The predicted octanol–water partition coefficient (Wildman–Crippen LogP) is 2.92. The van der Waals surface area contributed by atoms with E-state index in [4.69, 9.17) is 4.74 Å². The van der Waals surface area contributed by atoms with Gasteiger partial charge in [0.25, 0.3) is 15.9 Å². The van der Waals surface area contributed by atoms with E-state index in [0.29, 0.717) is 5.75 Å². The SMILES string of the molecule is CC(C)(C)NC(=O)COc1ccc(S(=O)(=O)Nc2ccc(F)cc2)cc1. The normalized spacial score (nSPS) is 11.7. The van der Waals surface area contributed by atoms with Crippen molar-refractivity contribution in [2.45, 2.75) is 31.2 Å². The predicted molar refractivity (Wildman–Crippen MR) is 97.0 cm³/mol. The van der Waals surface area contributed by atoms with Crippen molar-refractivity contribution in [3.63, 3.8) is 0 Å². The third-order valence-corrected chi connectivity index (χ3v) is 4.51. The summed E-state index contributed by atoms with van der Waals surface area (Å²) in [6, 6.07) is 10.6.